The van der Waals surface area contributed by atoms with Gasteiger partial charge >= 0.3 is 12.2 Å². The number of hydrogen-bond donors (Lipinski definition) is 2. The predicted molar refractivity (Wildman–Crippen MR) is 154 cm³/mol. The fourth-order valence-electron chi connectivity index (χ4n) is 5.92. The van der Waals surface area contributed by atoms with Crippen molar-refractivity contribution >= 4 is 18.1 Å². The Bertz CT molecular complexity index is 919. The Morgan fingerprint density at radius 2 is 1.83 bits per heavy atom. The van der Waals surface area contributed by atoms with Gasteiger partial charge in [0, 0.05) is 20.2 Å². The van der Waals surface area contributed by atoms with Gasteiger partial charge in [0.2, 0.25) is 5.91 Å². The van der Waals surface area contributed by atoms with Crippen LogP contribution >= 0.6 is 0 Å². The monoisotopic (exact) mass is 581 g/mol. The highest BCUT2D eigenvalue weighted by atomic mass is 16.6. The summed E-state index contributed by atoms with van der Waals surface area (Å²) in [6.07, 6.45) is 5.75. The van der Waals surface area contributed by atoms with E-state index >= 15 is 0 Å². The van der Waals surface area contributed by atoms with Gasteiger partial charge in [-0.25, -0.2) is 9.59 Å². The van der Waals surface area contributed by atoms with Crippen LogP contribution in [0.5, 0.6) is 0 Å². The molecular formula is C30H51N3O8. The minimum Gasteiger partial charge on any atom is -0.450 e. The van der Waals surface area contributed by atoms with E-state index in [9.17, 15) is 14.4 Å². The van der Waals surface area contributed by atoms with Crippen LogP contribution in [0.25, 0.3) is 0 Å². The van der Waals surface area contributed by atoms with Crippen LogP contribution in [0.2, 0.25) is 0 Å². The van der Waals surface area contributed by atoms with E-state index in [2.05, 4.69) is 44.4 Å². The second-order valence-corrected chi connectivity index (χ2v) is 11.9. The van der Waals surface area contributed by atoms with Gasteiger partial charge in [-0.1, -0.05) is 38.3 Å². The van der Waals surface area contributed by atoms with Crippen LogP contribution in [0.4, 0.5) is 9.59 Å². The Labute approximate surface area is 245 Å². The molecule has 3 aliphatic rings. The van der Waals surface area contributed by atoms with Gasteiger partial charge < -0.3 is 29.0 Å². The lowest BCUT2D eigenvalue weighted by molar-refractivity contribution is -0.126. The third-order valence-corrected chi connectivity index (χ3v) is 8.36. The maximum Gasteiger partial charge on any atom is 0.414 e. The molecule has 1 aliphatic carbocycles. The van der Waals surface area contributed by atoms with E-state index in [4.69, 9.17) is 23.7 Å². The molecule has 3 fully saturated rings. The molecule has 0 aromatic heterocycles. The van der Waals surface area contributed by atoms with Crippen molar-refractivity contribution in [3.8, 4) is 0 Å². The lowest BCUT2D eigenvalue weighted by Gasteiger charge is -2.42. The van der Waals surface area contributed by atoms with Gasteiger partial charge in [0.1, 0.15) is 23.4 Å². The average molecular weight is 582 g/mol. The molecule has 1 saturated carbocycles. The molecule has 2 saturated heterocycles. The van der Waals surface area contributed by atoms with Gasteiger partial charge in [-0.2, -0.15) is 0 Å². The van der Waals surface area contributed by atoms with E-state index in [1.54, 1.807) is 7.11 Å². The van der Waals surface area contributed by atoms with Crippen molar-refractivity contribution in [1.82, 2.24) is 15.5 Å². The Morgan fingerprint density at radius 1 is 1.10 bits per heavy atom. The number of methoxy groups -OCH3 is 1. The second-order valence-electron chi connectivity index (χ2n) is 11.9. The van der Waals surface area contributed by atoms with Gasteiger partial charge in [-0.05, 0) is 59.4 Å². The molecule has 3 amide bonds. The number of hydrogen-bond acceptors (Lipinski definition) is 9. The molecule has 3 rings (SSSR count). The fraction of sp³-hybridized carbons (Fsp3) is 0.833. The Morgan fingerprint density at radius 3 is 2.46 bits per heavy atom. The summed E-state index contributed by atoms with van der Waals surface area (Å²) in [5, 5.41) is 5.09. The van der Waals surface area contributed by atoms with Crippen molar-refractivity contribution in [2.24, 2.45) is 5.92 Å². The van der Waals surface area contributed by atoms with E-state index in [1.807, 2.05) is 11.8 Å². The summed E-state index contributed by atoms with van der Waals surface area (Å²) in [5.41, 5.74) is 0.481. The number of unbranched alkanes of at least 4 members (excludes halogenated alkanes) is 2. The predicted octanol–water partition coefficient (Wildman–Crippen LogP) is 3.94. The Hall–Kier alpha value is -2.21. The molecule has 6 atom stereocenters. The molecule has 11 heteroatoms. The van der Waals surface area contributed by atoms with Gasteiger partial charge in [-0.3, -0.25) is 15.0 Å². The number of carbonyl (C=O) groups excluding carboxylic acids is 3. The van der Waals surface area contributed by atoms with Crippen LogP contribution in [-0.4, -0.2) is 99.0 Å². The van der Waals surface area contributed by atoms with E-state index < -0.39 is 35.9 Å². The quantitative estimate of drug-likeness (QED) is 0.158. The SMILES string of the molecule is CCCCOC(=O)NCCN(CCCC)CC(=O)NC(=O)OC1CC[C@]2(CO2)C(C2(C)O[C@@H]2CC=C(C)C)C1OC. The first kappa shape index (κ1) is 33.3. The zero-order valence-electron chi connectivity index (χ0n) is 25.8. The summed E-state index contributed by atoms with van der Waals surface area (Å²) < 4.78 is 29.0. The minimum atomic E-state index is -0.788. The normalized spacial score (nSPS) is 30.0. The molecule has 0 aromatic rings. The molecule has 0 radical (unpaired) electrons. The van der Waals surface area contributed by atoms with Crippen LogP contribution in [0.1, 0.15) is 79.6 Å². The number of allylic oxidation sites excluding steroid dienone is 1. The molecule has 0 aromatic carbocycles. The van der Waals surface area contributed by atoms with Crippen LogP contribution < -0.4 is 10.6 Å². The maximum absolute atomic E-state index is 12.8. The highest BCUT2D eigenvalue weighted by molar-refractivity contribution is 5.92. The van der Waals surface area contributed by atoms with E-state index in [0.717, 1.165) is 38.5 Å². The van der Waals surface area contributed by atoms with Gasteiger partial charge in [0.25, 0.3) is 0 Å². The highest BCUT2D eigenvalue weighted by Crippen LogP contribution is 2.59. The van der Waals surface area contributed by atoms with Crippen LogP contribution in [0, 0.1) is 5.92 Å². The summed E-state index contributed by atoms with van der Waals surface area (Å²) >= 11 is 0. The number of rotatable bonds is 16. The minimum absolute atomic E-state index is 0.0115. The fourth-order valence-corrected chi connectivity index (χ4v) is 5.92. The largest absolute Gasteiger partial charge is 0.450 e. The number of nitrogens with one attached hydrogen (secondary N) is 2. The number of nitrogens with zero attached hydrogens (tertiary/aromatic N) is 1. The number of carbonyl (C=O) groups is 3. The summed E-state index contributed by atoms with van der Waals surface area (Å²) in [7, 11) is 1.62. The number of epoxide rings is 2. The third kappa shape index (κ3) is 9.39. The van der Waals surface area contributed by atoms with Gasteiger partial charge in [0.15, 0.2) is 0 Å². The maximum atomic E-state index is 12.8. The molecular weight excluding hydrogens is 530 g/mol. The Balaban J connectivity index is 1.51. The first-order valence-electron chi connectivity index (χ1n) is 15.2. The standard InChI is InChI=1S/C30H51N3O8/c1-7-9-16-33(17-15-31-27(35)38-18-10-8-2)19-24(34)32-28(36)40-22-13-14-30(20-39-30)26(25(22)37-6)29(5)23(41-29)12-11-21(3)4/h11,22-23,25-26H,7-10,12-20H2,1-6H3,(H,31,35)(H,32,34,36)/t22?,23-,25?,26?,29?,30+/m1/s1. The van der Waals surface area contributed by atoms with Crippen LogP contribution in [0.15, 0.2) is 11.6 Å². The third-order valence-electron chi connectivity index (χ3n) is 8.36. The highest BCUT2D eigenvalue weighted by Gasteiger charge is 2.72. The van der Waals surface area contributed by atoms with Crippen molar-refractivity contribution < 1.29 is 38.1 Å². The molecule has 0 bridgehead atoms. The molecule has 2 aliphatic heterocycles. The smallest absolute Gasteiger partial charge is 0.414 e. The lowest BCUT2D eigenvalue weighted by atomic mass is 9.68. The van der Waals surface area contributed by atoms with Crippen molar-refractivity contribution in [3.05, 3.63) is 11.6 Å². The first-order valence-corrected chi connectivity index (χ1v) is 15.2. The number of alkyl carbamates (subject to hydrolysis) is 2. The summed E-state index contributed by atoms with van der Waals surface area (Å²) in [5.74, 6) is -0.553. The van der Waals surface area contributed by atoms with E-state index in [-0.39, 0.29) is 24.2 Å². The van der Waals surface area contributed by atoms with Crippen molar-refractivity contribution in [3.63, 3.8) is 0 Å². The number of ether oxygens (including phenoxy) is 5. The zero-order valence-corrected chi connectivity index (χ0v) is 25.8. The average Bonchev–Trinajstić information content (AvgIpc) is 3.83. The van der Waals surface area contributed by atoms with Crippen molar-refractivity contribution in [2.75, 3.05) is 46.5 Å². The molecule has 41 heavy (non-hydrogen) atoms. The van der Waals surface area contributed by atoms with Crippen LogP contribution in [0.3, 0.4) is 0 Å². The summed E-state index contributed by atoms with van der Waals surface area (Å²) in [6.45, 7) is 12.8. The lowest BCUT2D eigenvalue weighted by Crippen LogP contribution is -2.56. The Kier molecular flexibility index (Phi) is 12.4. The van der Waals surface area contributed by atoms with Crippen LogP contribution in [-0.2, 0) is 28.5 Å². The number of imide groups is 1. The van der Waals surface area contributed by atoms with Gasteiger partial charge in [0.05, 0.1) is 31.8 Å². The zero-order chi connectivity index (χ0) is 30.0. The summed E-state index contributed by atoms with van der Waals surface area (Å²) in [4.78, 5) is 39.3. The molecule has 11 nitrogen and oxygen atoms in total. The molecule has 2 N–H and O–H groups in total. The summed E-state index contributed by atoms with van der Waals surface area (Å²) in [6, 6.07) is 0. The van der Waals surface area contributed by atoms with E-state index in [0.29, 0.717) is 39.3 Å². The van der Waals surface area contributed by atoms with Gasteiger partial charge in [-0.15, -0.1) is 0 Å². The molecule has 1 spiro atoms. The van der Waals surface area contributed by atoms with Crippen molar-refractivity contribution in [2.45, 2.75) is 109 Å². The molecule has 234 valence electrons. The molecule has 2 heterocycles. The number of amides is 3. The van der Waals surface area contributed by atoms with E-state index in [1.165, 1.54) is 5.57 Å². The molecule has 4 unspecified atom stereocenters. The second kappa shape index (κ2) is 15.3. The topological polar surface area (TPSA) is 131 Å². The van der Waals surface area contributed by atoms with Crippen molar-refractivity contribution in [1.29, 1.82) is 0 Å². The first-order chi connectivity index (χ1) is 19.6.